The smallest absolute Gasteiger partial charge is 0.534 e. The Morgan fingerprint density at radius 2 is 2.10 bits per heavy atom. The summed E-state index contributed by atoms with van der Waals surface area (Å²) in [6, 6.07) is 5.05. The first kappa shape index (κ1) is 23.0. The van der Waals surface area contributed by atoms with Crippen molar-refractivity contribution in [2.24, 2.45) is 0 Å². The van der Waals surface area contributed by atoms with Crippen LogP contribution in [0.2, 0.25) is 0 Å². The summed E-state index contributed by atoms with van der Waals surface area (Å²) in [5.41, 5.74) is 0.986. The Labute approximate surface area is 170 Å². The van der Waals surface area contributed by atoms with Crippen LogP contribution in [0.5, 0.6) is 5.75 Å². The molecule has 29 heavy (non-hydrogen) atoms. The lowest BCUT2D eigenvalue weighted by Crippen LogP contribution is -2.53. The molecule has 1 aromatic rings. The Balaban J connectivity index is 1.93. The number of para-hydroxylation sites is 1. The fourth-order valence-corrected chi connectivity index (χ4v) is 2.85. The fraction of sp³-hybridized carbons (Fsp3) is 0.579. The molecule has 0 saturated carbocycles. The quantitative estimate of drug-likeness (QED) is 0.232. The second kappa shape index (κ2) is 11.6. The summed E-state index contributed by atoms with van der Waals surface area (Å²) in [5.74, 6) is -0.471. The van der Waals surface area contributed by atoms with Gasteiger partial charge in [0.2, 0.25) is 5.91 Å². The van der Waals surface area contributed by atoms with Gasteiger partial charge < -0.3 is 34.3 Å². The topological polar surface area (TPSA) is 124 Å². The van der Waals surface area contributed by atoms with Crippen molar-refractivity contribution in [3.8, 4) is 5.75 Å². The first-order valence-electron chi connectivity index (χ1n) is 9.81. The summed E-state index contributed by atoms with van der Waals surface area (Å²) in [7, 11) is -1.26. The van der Waals surface area contributed by atoms with Crippen LogP contribution in [-0.2, 0) is 25.4 Å². The van der Waals surface area contributed by atoms with Gasteiger partial charge in [-0.2, -0.15) is 0 Å². The molecule has 0 radical (unpaired) electrons. The van der Waals surface area contributed by atoms with Gasteiger partial charge in [0.05, 0.1) is 12.5 Å². The van der Waals surface area contributed by atoms with E-state index in [1.807, 2.05) is 13.8 Å². The standard InChI is InChI=1S/C19H28BNO8/c1-3-5-10-26-19(24)28-12-27-18(23)14-9-6-8-13-11-15(20(25)29-17(13)14)21-16(22)7-4-2/h6,8-9,15,18,23,25H,3-5,7,10-12H2,1-2H3,(H,21,22)/t15-,18?/m0/s1. The number of rotatable bonds is 10. The van der Waals surface area contributed by atoms with Crippen molar-refractivity contribution in [1.82, 2.24) is 5.32 Å². The maximum Gasteiger partial charge on any atom is 0.547 e. The van der Waals surface area contributed by atoms with Crippen LogP contribution in [-0.4, -0.2) is 48.7 Å². The second-order valence-electron chi connectivity index (χ2n) is 6.71. The predicted molar refractivity (Wildman–Crippen MR) is 104 cm³/mol. The SMILES string of the molecule is CCCCOC(=O)OCOC(O)c1cccc2c1OB(O)[C@@H](NC(=O)CCC)C2. The summed E-state index contributed by atoms with van der Waals surface area (Å²) in [4.78, 5) is 23.2. The zero-order chi connectivity index (χ0) is 21.2. The zero-order valence-corrected chi connectivity index (χ0v) is 16.8. The summed E-state index contributed by atoms with van der Waals surface area (Å²) in [5, 5.41) is 23.3. The maximum atomic E-state index is 11.8. The number of fused-ring (bicyclic) bond motifs is 1. The van der Waals surface area contributed by atoms with Crippen molar-refractivity contribution in [1.29, 1.82) is 0 Å². The molecule has 0 spiro atoms. The monoisotopic (exact) mass is 409 g/mol. The number of unbranched alkanes of at least 4 members (excludes halogenated alkanes) is 1. The van der Waals surface area contributed by atoms with E-state index < -0.39 is 32.3 Å². The second-order valence-corrected chi connectivity index (χ2v) is 6.71. The molecule has 1 aliphatic heterocycles. The Morgan fingerprint density at radius 3 is 2.83 bits per heavy atom. The Hall–Kier alpha value is -2.30. The van der Waals surface area contributed by atoms with Crippen LogP contribution in [0, 0.1) is 0 Å². The molecule has 0 aliphatic carbocycles. The predicted octanol–water partition coefficient (Wildman–Crippen LogP) is 1.84. The Morgan fingerprint density at radius 1 is 1.31 bits per heavy atom. The van der Waals surface area contributed by atoms with E-state index in [0.29, 0.717) is 24.8 Å². The van der Waals surface area contributed by atoms with E-state index in [-0.39, 0.29) is 23.8 Å². The number of hydrogen-bond acceptors (Lipinski definition) is 8. The van der Waals surface area contributed by atoms with E-state index in [9.17, 15) is 19.7 Å². The summed E-state index contributed by atoms with van der Waals surface area (Å²) >= 11 is 0. The molecule has 9 nitrogen and oxygen atoms in total. The highest BCUT2D eigenvalue weighted by Gasteiger charge is 2.37. The maximum absolute atomic E-state index is 11.8. The molecule has 0 saturated heterocycles. The number of aliphatic hydroxyl groups excluding tert-OH is 1. The van der Waals surface area contributed by atoms with Crippen molar-refractivity contribution in [3.63, 3.8) is 0 Å². The summed E-state index contributed by atoms with van der Waals surface area (Å²) in [6.07, 6.45) is 0.708. The van der Waals surface area contributed by atoms with Gasteiger partial charge in [-0.25, -0.2) is 4.79 Å². The number of amides is 1. The molecule has 160 valence electrons. The average molecular weight is 409 g/mol. The van der Waals surface area contributed by atoms with Crippen LogP contribution in [0.1, 0.15) is 56.9 Å². The van der Waals surface area contributed by atoms with Gasteiger partial charge >= 0.3 is 13.3 Å². The Kier molecular flexibility index (Phi) is 9.23. The number of carbonyl (C=O) groups excluding carboxylic acids is 2. The van der Waals surface area contributed by atoms with E-state index in [4.69, 9.17) is 18.9 Å². The minimum absolute atomic E-state index is 0.161. The lowest BCUT2D eigenvalue weighted by Gasteiger charge is -2.30. The minimum Gasteiger partial charge on any atom is -0.534 e. The highest BCUT2D eigenvalue weighted by Crippen LogP contribution is 2.34. The van der Waals surface area contributed by atoms with Crippen LogP contribution in [0.15, 0.2) is 18.2 Å². The molecule has 0 fully saturated rings. The third-order valence-electron chi connectivity index (χ3n) is 4.36. The molecule has 2 rings (SSSR count). The van der Waals surface area contributed by atoms with Crippen LogP contribution in [0.25, 0.3) is 0 Å². The molecule has 1 heterocycles. The van der Waals surface area contributed by atoms with Gasteiger partial charge in [0.15, 0.2) is 13.1 Å². The van der Waals surface area contributed by atoms with Gasteiger partial charge in [-0.3, -0.25) is 4.79 Å². The van der Waals surface area contributed by atoms with E-state index in [2.05, 4.69) is 5.32 Å². The van der Waals surface area contributed by atoms with Gasteiger partial charge in [-0.1, -0.05) is 38.5 Å². The van der Waals surface area contributed by atoms with Gasteiger partial charge in [-0.15, -0.1) is 0 Å². The normalized spacial score (nSPS) is 16.4. The first-order valence-corrected chi connectivity index (χ1v) is 9.81. The van der Waals surface area contributed by atoms with Gasteiger partial charge in [0.1, 0.15) is 5.75 Å². The van der Waals surface area contributed by atoms with Crippen LogP contribution in [0.4, 0.5) is 4.79 Å². The molecule has 1 unspecified atom stereocenters. The molecule has 0 bridgehead atoms. The number of carbonyl (C=O) groups is 2. The molecule has 3 N–H and O–H groups in total. The van der Waals surface area contributed by atoms with E-state index >= 15 is 0 Å². The van der Waals surface area contributed by atoms with Gasteiger partial charge in [0, 0.05) is 12.0 Å². The number of benzene rings is 1. The molecular weight excluding hydrogens is 381 g/mol. The van der Waals surface area contributed by atoms with Crippen molar-refractivity contribution < 1.29 is 38.6 Å². The van der Waals surface area contributed by atoms with Crippen molar-refractivity contribution in [3.05, 3.63) is 29.3 Å². The van der Waals surface area contributed by atoms with Crippen molar-refractivity contribution in [2.45, 2.75) is 58.2 Å². The zero-order valence-electron chi connectivity index (χ0n) is 16.8. The van der Waals surface area contributed by atoms with E-state index in [0.717, 1.165) is 12.8 Å². The third kappa shape index (κ3) is 6.91. The van der Waals surface area contributed by atoms with Crippen LogP contribution < -0.4 is 9.97 Å². The van der Waals surface area contributed by atoms with Crippen molar-refractivity contribution >= 4 is 19.2 Å². The molecule has 2 atom stereocenters. The molecule has 1 aromatic carbocycles. The average Bonchev–Trinajstić information content (AvgIpc) is 2.68. The molecule has 1 aliphatic rings. The summed E-state index contributed by atoms with van der Waals surface area (Å²) in [6.45, 7) is 3.61. The first-order chi connectivity index (χ1) is 14.0. The molecule has 1 amide bonds. The highest BCUT2D eigenvalue weighted by molar-refractivity contribution is 6.46. The number of nitrogens with one attached hydrogen (secondary N) is 1. The lowest BCUT2D eigenvalue weighted by atomic mass is 9.72. The molecule has 0 aromatic heterocycles. The number of hydrogen-bond donors (Lipinski definition) is 3. The van der Waals surface area contributed by atoms with Gasteiger partial charge in [0.25, 0.3) is 0 Å². The fourth-order valence-electron chi connectivity index (χ4n) is 2.85. The number of aliphatic hydroxyl groups is 1. The summed E-state index contributed by atoms with van der Waals surface area (Å²) < 4.78 is 20.2. The molecule has 10 heteroatoms. The van der Waals surface area contributed by atoms with Crippen LogP contribution >= 0.6 is 0 Å². The third-order valence-corrected chi connectivity index (χ3v) is 4.36. The van der Waals surface area contributed by atoms with Crippen LogP contribution in [0.3, 0.4) is 0 Å². The highest BCUT2D eigenvalue weighted by atomic mass is 16.8. The lowest BCUT2D eigenvalue weighted by molar-refractivity contribution is -0.162. The van der Waals surface area contributed by atoms with Gasteiger partial charge in [-0.05, 0) is 24.8 Å². The minimum atomic E-state index is -1.44. The van der Waals surface area contributed by atoms with E-state index in [1.54, 1.807) is 18.2 Å². The molecular formula is C19H28BNO8. The number of ether oxygens (including phenoxy) is 3. The largest absolute Gasteiger partial charge is 0.547 e. The van der Waals surface area contributed by atoms with E-state index in [1.165, 1.54) is 0 Å². The Bertz CT molecular complexity index is 686. The van der Waals surface area contributed by atoms with Crippen molar-refractivity contribution in [2.75, 3.05) is 13.4 Å².